The molecule has 0 N–H and O–H groups in total. The lowest BCUT2D eigenvalue weighted by Crippen LogP contribution is -2.45. The molecular formula is C20H24BrN3O. The fourth-order valence-electron chi connectivity index (χ4n) is 3.35. The summed E-state index contributed by atoms with van der Waals surface area (Å²) >= 11 is 3.55. The number of nitrogens with zero attached hydrogens (tertiary/aromatic N) is 3. The summed E-state index contributed by atoms with van der Waals surface area (Å²) in [5, 5.41) is 0. The zero-order chi connectivity index (χ0) is 17.6. The molecule has 1 aliphatic heterocycles. The number of benzene rings is 1. The Bertz CT molecular complexity index is 699. The highest BCUT2D eigenvalue weighted by Crippen LogP contribution is 2.22. The molecule has 1 aliphatic rings. The van der Waals surface area contributed by atoms with Crippen LogP contribution >= 0.6 is 15.9 Å². The van der Waals surface area contributed by atoms with E-state index in [-0.39, 0.29) is 5.91 Å². The molecular weight excluding hydrogens is 378 g/mol. The summed E-state index contributed by atoms with van der Waals surface area (Å²) in [6.45, 7) is 1.66. The van der Waals surface area contributed by atoms with Gasteiger partial charge in [-0.05, 0) is 43.0 Å². The summed E-state index contributed by atoms with van der Waals surface area (Å²) in [7, 11) is 2.09. The van der Waals surface area contributed by atoms with Crippen molar-refractivity contribution in [2.24, 2.45) is 0 Å². The number of anilines is 1. The molecule has 0 radical (unpaired) electrons. The van der Waals surface area contributed by atoms with Gasteiger partial charge >= 0.3 is 0 Å². The van der Waals surface area contributed by atoms with Gasteiger partial charge in [-0.2, -0.15) is 0 Å². The van der Waals surface area contributed by atoms with Gasteiger partial charge in [-0.15, -0.1) is 0 Å². The van der Waals surface area contributed by atoms with E-state index in [0.717, 1.165) is 42.6 Å². The van der Waals surface area contributed by atoms with Crippen molar-refractivity contribution < 1.29 is 4.79 Å². The number of pyridine rings is 1. The maximum absolute atomic E-state index is 12.5. The van der Waals surface area contributed by atoms with Crippen molar-refractivity contribution in [1.82, 2.24) is 9.88 Å². The number of carbonyl (C=O) groups is 1. The van der Waals surface area contributed by atoms with Crippen LogP contribution in [0, 0.1) is 0 Å². The van der Waals surface area contributed by atoms with Crippen LogP contribution in [0.2, 0.25) is 0 Å². The molecule has 4 nitrogen and oxygen atoms in total. The first-order valence-corrected chi connectivity index (χ1v) is 9.59. The average molecular weight is 402 g/mol. The van der Waals surface area contributed by atoms with Crippen molar-refractivity contribution in [2.45, 2.75) is 31.7 Å². The standard InChI is InChI=1S/C20H24BrN3O/c1-23(19-8-4-5-13-22-19)17-11-14-24(15-12-17)20(25)10-9-16-6-2-3-7-18(16)21/h2-8,13,17H,9-12,14-15H2,1H3. The average Bonchev–Trinajstić information content (AvgIpc) is 2.67. The van der Waals surface area contributed by atoms with E-state index in [1.165, 1.54) is 5.56 Å². The quantitative estimate of drug-likeness (QED) is 0.761. The van der Waals surface area contributed by atoms with Gasteiger partial charge in [-0.25, -0.2) is 4.98 Å². The second-order valence-electron chi connectivity index (χ2n) is 6.50. The molecule has 1 aromatic heterocycles. The fraction of sp³-hybridized carbons (Fsp3) is 0.400. The Morgan fingerprint density at radius 1 is 1.20 bits per heavy atom. The Balaban J connectivity index is 1.48. The Morgan fingerprint density at radius 2 is 1.92 bits per heavy atom. The number of likely N-dealkylation sites (tertiary alicyclic amines) is 1. The predicted octanol–water partition coefficient (Wildman–Crippen LogP) is 3.90. The molecule has 0 aliphatic carbocycles. The normalized spacial score (nSPS) is 15.2. The summed E-state index contributed by atoms with van der Waals surface area (Å²) in [4.78, 5) is 21.2. The molecule has 0 saturated carbocycles. The number of hydrogen-bond donors (Lipinski definition) is 0. The Kier molecular flexibility index (Phi) is 6.08. The molecule has 0 atom stereocenters. The molecule has 1 saturated heterocycles. The number of amides is 1. The third-order valence-electron chi connectivity index (χ3n) is 4.94. The highest BCUT2D eigenvalue weighted by Gasteiger charge is 2.25. The number of aromatic nitrogens is 1. The van der Waals surface area contributed by atoms with E-state index in [1.807, 2.05) is 47.5 Å². The number of piperidine rings is 1. The van der Waals surface area contributed by atoms with Gasteiger partial charge in [0.25, 0.3) is 0 Å². The Labute approximate surface area is 158 Å². The van der Waals surface area contributed by atoms with Gasteiger partial charge in [0.05, 0.1) is 0 Å². The maximum Gasteiger partial charge on any atom is 0.222 e. The minimum Gasteiger partial charge on any atom is -0.357 e. The SMILES string of the molecule is CN(c1ccccn1)C1CCN(C(=O)CCc2ccccc2Br)CC1. The molecule has 1 aromatic carbocycles. The Morgan fingerprint density at radius 3 is 2.60 bits per heavy atom. The summed E-state index contributed by atoms with van der Waals surface area (Å²) < 4.78 is 1.08. The van der Waals surface area contributed by atoms with Crippen LogP contribution in [0.4, 0.5) is 5.82 Å². The Hall–Kier alpha value is -1.88. The van der Waals surface area contributed by atoms with Gasteiger partial charge in [0.1, 0.15) is 5.82 Å². The van der Waals surface area contributed by atoms with Crippen LogP contribution < -0.4 is 4.90 Å². The van der Waals surface area contributed by atoms with Crippen LogP contribution in [-0.4, -0.2) is 42.0 Å². The first-order valence-electron chi connectivity index (χ1n) is 8.80. The summed E-state index contributed by atoms with van der Waals surface area (Å²) in [6.07, 6.45) is 5.17. The van der Waals surface area contributed by atoms with Crippen LogP contribution in [0.25, 0.3) is 0 Å². The van der Waals surface area contributed by atoms with E-state index in [4.69, 9.17) is 0 Å². The third-order valence-corrected chi connectivity index (χ3v) is 5.72. The van der Waals surface area contributed by atoms with Crippen molar-refractivity contribution in [3.05, 3.63) is 58.7 Å². The molecule has 3 rings (SSSR count). The van der Waals surface area contributed by atoms with E-state index in [0.29, 0.717) is 12.5 Å². The largest absolute Gasteiger partial charge is 0.357 e. The van der Waals surface area contributed by atoms with Crippen molar-refractivity contribution >= 4 is 27.7 Å². The smallest absolute Gasteiger partial charge is 0.222 e. The molecule has 132 valence electrons. The maximum atomic E-state index is 12.5. The van der Waals surface area contributed by atoms with E-state index < -0.39 is 0 Å². The number of rotatable bonds is 5. The van der Waals surface area contributed by atoms with E-state index in [9.17, 15) is 4.79 Å². The van der Waals surface area contributed by atoms with Crippen LogP contribution in [0.3, 0.4) is 0 Å². The van der Waals surface area contributed by atoms with Crippen LogP contribution in [0.1, 0.15) is 24.8 Å². The van der Waals surface area contributed by atoms with Gasteiger partial charge in [0, 0.05) is 43.3 Å². The van der Waals surface area contributed by atoms with Gasteiger partial charge in [0.15, 0.2) is 0 Å². The number of halogens is 1. The molecule has 0 unspecified atom stereocenters. The molecule has 5 heteroatoms. The highest BCUT2D eigenvalue weighted by atomic mass is 79.9. The molecule has 1 fully saturated rings. The van der Waals surface area contributed by atoms with Crippen molar-refractivity contribution in [2.75, 3.05) is 25.0 Å². The highest BCUT2D eigenvalue weighted by molar-refractivity contribution is 9.10. The van der Waals surface area contributed by atoms with Crippen molar-refractivity contribution in [1.29, 1.82) is 0 Å². The first-order chi connectivity index (χ1) is 12.1. The van der Waals surface area contributed by atoms with E-state index in [2.05, 4.69) is 38.9 Å². The summed E-state index contributed by atoms with van der Waals surface area (Å²) in [5.41, 5.74) is 1.20. The van der Waals surface area contributed by atoms with Crippen molar-refractivity contribution in [3.8, 4) is 0 Å². The monoisotopic (exact) mass is 401 g/mol. The lowest BCUT2D eigenvalue weighted by Gasteiger charge is -2.37. The lowest BCUT2D eigenvalue weighted by atomic mass is 10.0. The molecule has 0 spiro atoms. The van der Waals surface area contributed by atoms with E-state index in [1.54, 1.807) is 0 Å². The summed E-state index contributed by atoms with van der Waals surface area (Å²) in [6, 6.07) is 14.5. The minimum atomic E-state index is 0.259. The van der Waals surface area contributed by atoms with Gasteiger partial charge in [-0.1, -0.05) is 40.2 Å². The van der Waals surface area contributed by atoms with Gasteiger partial charge in [0.2, 0.25) is 5.91 Å². The number of carbonyl (C=O) groups excluding carboxylic acids is 1. The van der Waals surface area contributed by atoms with Crippen LogP contribution in [-0.2, 0) is 11.2 Å². The second kappa shape index (κ2) is 8.48. The first kappa shape index (κ1) is 17.9. The molecule has 25 heavy (non-hydrogen) atoms. The van der Waals surface area contributed by atoms with Gasteiger partial charge in [-0.3, -0.25) is 4.79 Å². The zero-order valence-corrected chi connectivity index (χ0v) is 16.2. The third kappa shape index (κ3) is 4.60. The van der Waals surface area contributed by atoms with E-state index >= 15 is 0 Å². The number of aryl methyl sites for hydroxylation is 1. The van der Waals surface area contributed by atoms with Gasteiger partial charge < -0.3 is 9.80 Å². The number of hydrogen-bond acceptors (Lipinski definition) is 3. The minimum absolute atomic E-state index is 0.259. The lowest BCUT2D eigenvalue weighted by molar-refractivity contribution is -0.132. The van der Waals surface area contributed by atoms with Crippen molar-refractivity contribution in [3.63, 3.8) is 0 Å². The summed E-state index contributed by atoms with van der Waals surface area (Å²) in [5.74, 6) is 1.26. The topological polar surface area (TPSA) is 36.4 Å². The molecule has 1 amide bonds. The second-order valence-corrected chi connectivity index (χ2v) is 7.36. The molecule has 0 bridgehead atoms. The zero-order valence-electron chi connectivity index (χ0n) is 14.6. The fourth-order valence-corrected chi connectivity index (χ4v) is 3.84. The van der Waals surface area contributed by atoms with Crippen LogP contribution in [0.15, 0.2) is 53.1 Å². The molecule has 2 aromatic rings. The van der Waals surface area contributed by atoms with Crippen LogP contribution in [0.5, 0.6) is 0 Å². The molecule has 2 heterocycles. The predicted molar refractivity (Wildman–Crippen MR) is 105 cm³/mol.